The minimum atomic E-state index is -0.0687. The van der Waals surface area contributed by atoms with Crippen LogP contribution < -0.4 is 10.6 Å². The number of amides is 1. The number of aryl methyl sites for hydroxylation is 2. The molecular formula is C17H20N2O. The Kier molecular flexibility index (Phi) is 4.53. The van der Waals surface area contributed by atoms with Crippen LogP contribution in [0.2, 0.25) is 0 Å². The molecule has 0 heterocycles. The Morgan fingerprint density at radius 1 is 1.10 bits per heavy atom. The maximum atomic E-state index is 12.2. The lowest BCUT2D eigenvalue weighted by Gasteiger charge is -2.24. The molecule has 0 aliphatic heterocycles. The van der Waals surface area contributed by atoms with Crippen molar-refractivity contribution in [2.45, 2.75) is 20.4 Å². The first-order valence-corrected chi connectivity index (χ1v) is 6.73. The number of hydrogen-bond acceptors (Lipinski definition) is 2. The number of anilines is 1. The Bertz CT molecular complexity index is 607. The molecule has 0 bridgehead atoms. The largest absolute Gasteiger partial charge is 0.322 e. The van der Waals surface area contributed by atoms with Gasteiger partial charge in [0.1, 0.15) is 0 Å². The molecule has 0 aromatic heterocycles. The van der Waals surface area contributed by atoms with E-state index in [1.807, 2.05) is 56.3 Å². The molecule has 0 aliphatic rings. The van der Waals surface area contributed by atoms with Crippen molar-refractivity contribution in [2.24, 2.45) is 5.73 Å². The van der Waals surface area contributed by atoms with Crippen LogP contribution in [0.25, 0.3) is 0 Å². The molecule has 104 valence electrons. The fraction of sp³-hybridized carbons (Fsp3) is 0.235. The lowest BCUT2D eigenvalue weighted by Crippen LogP contribution is -2.36. The number of carbonyl (C=O) groups excluding carboxylic acids is 1. The highest BCUT2D eigenvalue weighted by Gasteiger charge is 2.16. The molecule has 0 spiro atoms. The van der Waals surface area contributed by atoms with E-state index in [0.717, 1.165) is 16.8 Å². The van der Waals surface area contributed by atoms with Gasteiger partial charge < -0.3 is 10.6 Å². The van der Waals surface area contributed by atoms with Crippen molar-refractivity contribution in [3.8, 4) is 0 Å². The molecule has 20 heavy (non-hydrogen) atoms. The maximum Gasteiger partial charge on any atom is 0.241 e. The summed E-state index contributed by atoms with van der Waals surface area (Å²) in [6.45, 7) is 4.61. The molecule has 2 aromatic rings. The van der Waals surface area contributed by atoms with Crippen molar-refractivity contribution < 1.29 is 4.79 Å². The third-order valence-corrected chi connectivity index (χ3v) is 3.31. The number of nitrogens with zero attached hydrogens (tertiary/aromatic N) is 1. The standard InChI is InChI=1S/C17H20N2O/c1-13-6-5-8-15(10-13)12-19(17(20)11-18)16-9-4-3-7-14(16)2/h3-10H,11-12,18H2,1-2H3. The van der Waals surface area contributed by atoms with Gasteiger partial charge in [0.25, 0.3) is 0 Å². The molecule has 0 saturated carbocycles. The Hall–Kier alpha value is -2.13. The first-order chi connectivity index (χ1) is 9.61. The van der Waals surface area contributed by atoms with Crippen LogP contribution in [0.4, 0.5) is 5.69 Å². The summed E-state index contributed by atoms with van der Waals surface area (Å²) in [4.78, 5) is 13.9. The molecule has 2 aromatic carbocycles. The molecule has 1 amide bonds. The summed E-state index contributed by atoms with van der Waals surface area (Å²) >= 11 is 0. The molecular weight excluding hydrogens is 248 g/mol. The first kappa shape index (κ1) is 14.3. The van der Waals surface area contributed by atoms with E-state index in [9.17, 15) is 4.79 Å². The second-order valence-corrected chi connectivity index (χ2v) is 4.96. The van der Waals surface area contributed by atoms with Crippen molar-refractivity contribution in [1.29, 1.82) is 0 Å². The van der Waals surface area contributed by atoms with E-state index in [0.29, 0.717) is 6.54 Å². The van der Waals surface area contributed by atoms with E-state index in [4.69, 9.17) is 5.73 Å². The molecule has 0 atom stereocenters. The molecule has 2 N–H and O–H groups in total. The van der Waals surface area contributed by atoms with Crippen LogP contribution in [0, 0.1) is 13.8 Å². The number of benzene rings is 2. The monoisotopic (exact) mass is 268 g/mol. The smallest absolute Gasteiger partial charge is 0.241 e. The van der Waals surface area contributed by atoms with E-state index in [1.165, 1.54) is 5.56 Å². The molecule has 3 heteroatoms. The van der Waals surface area contributed by atoms with Gasteiger partial charge >= 0.3 is 0 Å². The van der Waals surface area contributed by atoms with Gasteiger partial charge in [0, 0.05) is 5.69 Å². The Morgan fingerprint density at radius 3 is 2.50 bits per heavy atom. The predicted molar refractivity (Wildman–Crippen MR) is 82.6 cm³/mol. The third kappa shape index (κ3) is 3.25. The molecule has 3 nitrogen and oxygen atoms in total. The molecule has 2 rings (SSSR count). The average molecular weight is 268 g/mol. The van der Waals surface area contributed by atoms with Crippen molar-refractivity contribution in [1.82, 2.24) is 0 Å². The highest BCUT2D eigenvalue weighted by Crippen LogP contribution is 2.22. The van der Waals surface area contributed by atoms with Gasteiger partial charge in [-0.25, -0.2) is 0 Å². The average Bonchev–Trinajstić information content (AvgIpc) is 2.45. The molecule has 0 unspecified atom stereocenters. The zero-order chi connectivity index (χ0) is 14.5. The van der Waals surface area contributed by atoms with Crippen molar-refractivity contribution in [2.75, 3.05) is 11.4 Å². The highest BCUT2D eigenvalue weighted by atomic mass is 16.2. The quantitative estimate of drug-likeness (QED) is 0.926. The number of hydrogen-bond donors (Lipinski definition) is 1. The van der Waals surface area contributed by atoms with E-state index < -0.39 is 0 Å². The van der Waals surface area contributed by atoms with Gasteiger partial charge in [-0.15, -0.1) is 0 Å². The van der Waals surface area contributed by atoms with Gasteiger partial charge in [-0.3, -0.25) is 4.79 Å². The normalized spacial score (nSPS) is 10.3. The van der Waals surface area contributed by atoms with Crippen LogP contribution in [-0.4, -0.2) is 12.5 Å². The molecule has 0 saturated heterocycles. The minimum Gasteiger partial charge on any atom is -0.322 e. The van der Waals surface area contributed by atoms with Crippen LogP contribution >= 0.6 is 0 Å². The van der Waals surface area contributed by atoms with Gasteiger partial charge in [-0.1, -0.05) is 48.0 Å². The summed E-state index contributed by atoms with van der Waals surface area (Å²) in [7, 11) is 0. The zero-order valence-electron chi connectivity index (χ0n) is 12.0. The minimum absolute atomic E-state index is 0.0140. The van der Waals surface area contributed by atoms with E-state index in [-0.39, 0.29) is 12.5 Å². The van der Waals surface area contributed by atoms with Gasteiger partial charge in [0.2, 0.25) is 5.91 Å². The van der Waals surface area contributed by atoms with Crippen LogP contribution in [0.1, 0.15) is 16.7 Å². The Balaban J connectivity index is 2.34. The SMILES string of the molecule is Cc1cccc(CN(C(=O)CN)c2ccccc2C)c1. The van der Waals surface area contributed by atoms with Gasteiger partial charge in [0.15, 0.2) is 0 Å². The second kappa shape index (κ2) is 6.35. The van der Waals surface area contributed by atoms with Crippen LogP contribution in [0.15, 0.2) is 48.5 Å². The maximum absolute atomic E-state index is 12.2. The third-order valence-electron chi connectivity index (χ3n) is 3.31. The zero-order valence-corrected chi connectivity index (χ0v) is 12.0. The summed E-state index contributed by atoms with van der Waals surface area (Å²) in [5.41, 5.74) is 9.84. The number of nitrogens with two attached hydrogens (primary N) is 1. The molecule has 0 fully saturated rings. The Morgan fingerprint density at radius 2 is 1.85 bits per heavy atom. The summed E-state index contributed by atoms with van der Waals surface area (Å²) in [6, 6.07) is 16.0. The molecule has 0 aliphatic carbocycles. The van der Waals surface area contributed by atoms with Gasteiger partial charge in [-0.05, 0) is 31.0 Å². The van der Waals surface area contributed by atoms with E-state index >= 15 is 0 Å². The number of rotatable bonds is 4. The van der Waals surface area contributed by atoms with Gasteiger partial charge in [-0.2, -0.15) is 0 Å². The fourth-order valence-corrected chi connectivity index (χ4v) is 2.28. The summed E-state index contributed by atoms with van der Waals surface area (Å²) in [5.74, 6) is -0.0687. The number of para-hydroxylation sites is 1. The van der Waals surface area contributed by atoms with Crippen LogP contribution in [0.5, 0.6) is 0 Å². The first-order valence-electron chi connectivity index (χ1n) is 6.73. The van der Waals surface area contributed by atoms with Crippen LogP contribution in [0.3, 0.4) is 0 Å². The fourth-order valence-electron chi connectivity index (χ4n) is 2.28. The van der Waals surface area contributed by atoms with Crippen LogP contribution in [-0.2, 0) is 11.3 Å². The summed E-state index contributed by atoms with van der Waals surface area (Å²) in [5, 5.41) is 0. The van der Waals surface area contributed by atoms with E-state index in [2.05, 4.69) is 6.07 Å². The predicted octanol–water partition coefficient (Wildman–Crippen LogP) is 2.80. The summed E-state index contributed by atoms with van der Waals surface area (Å²) in [6.07, 6.45) is 0. The van der Waals surface area contributed by atoms with Crippen molar-refractivity contribution in [3.05, 3.63) is 65.2 Å². The highest BCUT2D eigenvalue weighted by molar-refractivity contribution is 5.95. The summed E-state index contributed by atoms with van der Waals surface area (Å²) < 4.78 is 0. The molecule has 0 radical (unpaired) electrons. The lowest BCUT2D eigenvalue weighted by atomic mass is 10.1. The van der Waals surface area contributed by atoms with Gasteiger partial charge in [0.05, 0.1) is 13.1 Å². The number of carbonyl (C=O) groups is 1. The van der Waals surface area contributed by atoms with Crippen molar-refractivity contribution >= 4 is 11.6 Å². The Labute approximate surface area is 120 Å². The lowest BCUT2D eigenvalue weighted by molar-refractivity contribution is -0.117. The topological polar surface area (TPSA) is 46.3 Å². The second-order valence-electron chi connectivity index (χ2n) is 4.96. The van der Waals surface area contributed by atoms with Crippen molar-refractivity contribution in [3.63, 3.8) is 0 Å². The van der Waals surface area contributed by atoms with E-state index in [1.54, 1.807) is 4.90 Å².